The van der Waals surface area contributed by atoms with Gasteiger partial charge in [-0.15, -0.1) is 11.3 Å². The molecule has 148 valence electrons. The SMILES string of the molecule is CCCC(CO)CCNc1ccc(Cl)cc1NC(=O)c1csc2cncnc12. The molecule has 2 aromatic heterocycles. The first-order chi connectivity index (χ1) is 13.6. The number of anilines is 2. The Kier molecular flexibility index (Phi) is 7.19. The van der Waals surface area contributed by atoms with Gasteiger partial charge in [-0.3, -0.25) is 4.79 Å². The number of thiophene rings is 1. The number of nitrogens with one attached hydrogen (secondary N) is 2. The lowest BCUT2D eigenvalue weighted by Gasteiger charge is -2.16. The lowest BCUT2D eigenvalue weighted by atomic mass is 10.0. The van der Waals surface area contributed by atoms with E-state index >= 15 is 0 Å². The number of carbonyl (C=O) groups is 1. The van der Waals surface area contributed by atoms with Crippen LogP contribution in [-0.2, 0) is 0 Å². The maximum atomic E-state index is 12.8. The molecule has 8 heteroatoms. The molecule has 0 saturated carbocycles. The summed E-state index contributed by atoms with van der Waals surface area (Å²) in [6.45, 7) is 3.00. The molecule has 0 aliphatic heterocycles. The number of aliphatic hydroxyl groups excluding tert-OH is 1. The molecule has 3 rings (SSSR count). The van der Waals surface area contributed by atoms with E-state index in [-0.39, 0.29) is 18.4 Å². The van der Waals surface area contributed by atoms with Gasteiger partial charge >= 0.3 is 0 Å². The largest absolute Gasteiger partial charge is 0.396 e. The lowest BCUT2D eigenvalue weighted by Crippen LogP contribution is -2.16. The predicted molar refractivity (Wildman–Crippen MR) is 115 cm³/mol. The van der Waals surface area contributed by atoms with E-state index in [9.17, 15) is 9.90 Å². The van der Waals surface area contributed by atoms with Crippen LogP contribution in [0.5, 0.6) is 0 Å². The van der Waals surface area contributed by atoms with E-state index in [2.05, 4.69) is 27.5 Å². The molecule has 0 bridgehead atoms. The van der Waals surface area contributed by atoms with E-state index in [1.165, 1.54) is 17.7 Å². The summed E-state index contributed by atoms with van der Waals surface area (Å²) in [5.74, 6) is 0.0363. The minimum Gasteiger partial charge on any atom is -0.396 e. The Morgan fingerprint density at radius 3 is 2.96 bits per heavy atom. The number of amides is 1. The molecule has 0 aliphatic rings. The molecule has 1 unspecified atom stereocenters. The van der Waals surface area contributed by atoms with E-state index in [1.54, 1.807) is 23.7 Å². The zero-order valence-electron chi connectivity index (χ0n) is 15.6. The van der Waals surface area contributed by atoms with Crippen LogP contribution in [0.2, 0.25) is 5.02 Å². The normalized spacial score (nSPS) is 12.1. The van der Waals surface area contributed by atoms with Crippen molar-refractivity contribution in [3.63, 3.8) is 0 Å². The van der Waals surface area contributed by atoms with Crippen molar-refractivity contribution in [1.29, 1.82) is 0 Å². The third kappa shape index (κ3) is 4.98. The number of aromatic nitrogens is 2. The van der Waals surface area contributed by atoms with Crippen molar-refractivity contribution in [3.8, 4) is 0 Å². The van der Waals surface area contributed by atoms with E-state index in [4.69, 9.17) is 11.6 Å². The van der Waals surface area contributed by atoms with Crippen molar-refractivity contribution in [1.82, 2.24) is 9.97 Å². The monoisotopic (exact) mass is 418 g/mol. The first kappa shape index (κ1) is 20.5. The summed E-state index contributed by atoms with van der Waals surface area (Å²) >= 11 is 7.57. The number of aliphatic hydroxyl groups is 1. The summed E-state index contributed by atoms with van der Waals surface area (Å²) in [6.07, 6.45) is 6.03. The number of carbonyl (C=O) groups excluding carboxylic acids is 1. The Morgan fingerprint density at radius 1 is 1.32 bits per heavy atom. The molecule has 1 atom stereocenters. The van der Waals surface area contributed by atoms with Gasteiger partial charge in [-0.1, -0.05) is 24.9 Å². The number of benzene rings is 1. The van der Waals surface area contributed by atoms with Gasteiger partial charge in [0.25, 0.3) is 5.91 Å². The van der Waals surface area contributed by atoms with E-state index in [1.807, 2.05) is 6.07 Å². The Labute approximate surface area is 173 Å². The number of hydrogen-bond donors (Lipinski definition) is 3. The molecule has 3 N–H and O–H groups in total. The van der Waals surface area contributed by atoms with Gasteiger partial charge in [-0.25, -0.2) is 9.97 Å². The molecule has 1 aromatic carbocycles. The number of hydrogen-bond acceptors (Lipinski definition) is 6. The first-order valence-corrected chi connectivity index (χ1v) is 10.5. The van der Waals surface area contributed by atoms with E-state index in [0.29, 0.717) is 28.3 Å². The maximum absolute atomic E-state index is 12.8. The fourth-order valence-corrected chi connectivity index (χ4v) is 4.09. The third-order valence-electron chi connectivity index (χ3n) is 4.54. The minimum atomic E-state index is -0.241. The van der Waals surface area contributed by atoms with Gasteiger partial charge in [0.15, 0.2) is 0 Å². The molecule has 28 heavy (non-hydrogen) atoms. The fraction of sp³-hybridized carbons (Fsp3) is 0.350. The molecule has 6 nitrogen and oxygen atoms in total. The molecular formula is C20H23ClN4O2S. The number of halogens is 1. The average molecular weight is 419 g/mol. The van der Waals surface area contributed by atoms with Crippen LogP contribution < -0.4 is 10.6 Å². The Morgan fingerprint density at radius 2 is 2.18 bits per heavy atom. The van der Waals surface area contributed by atoms with Crippen molar-refractivity contribution >= 4 is 50.4 Å². The zero-order chi connectivity index (χ0) is 19.9. The summed E-state index contributed by atoms with van der Waals surface area (Å²) in [5, 5.41) is 18.0. The highest BCUT2D eigenvalue weighted by Crippen LogP contribution is 2.29. The van der Waals surface area contributed by atoms with Gasteiger partial charge < -0.3 is 15.7 Å². The molecule has 0 radical (unpaired) electrons. The van der Waals surface area contributed by atoms with Gasteiger partial charge in [-0.05, 0) is 37.0 Å². The number of nitrogens with zero attached hydrogens (tertiary/aromatic N) is 2. The van der Waals surface area contributed by atoms with Gasteiger partial charge in [0.1, 0.15) is 6.33 Å². The molecule has 0 fully saturated rings. The molecule has 1 amide bonds. The van der Waals surface area contributed by atoms with E-state index in [0.717, 1.165) is 29.6 Å². The van der Waals surface area contributed by atoms with Crippen LogP contribution in [0.25, 0.3) is 10.2 Å². The highest BCUT2D eigenvalue weighted by atomic mass is 35.5. The average Bonchev–Trinajstić information content (AvgIpc) is 3.13. The van der Waals surface area contributed by atoms with Crippen molar-refractivity contribution < 1.29 is 9.90 Å². The quantitative estimate of drug-likeness (QED) is 0.464. The summed E-state index contributed by atoms with van der Waals surface area (Å²) in [7, 11) is 0. The second-order valence-electron chi connectivity index (χ2n) is 6.58. The topological polar surface area (TPSA) is 87.1 Å². The Bertz CT molecular complexity index is 947. The van der Waals surface area contributed by atoms with Gasteiger partial charge in [0.2, 0.25) is 0 Å². The van der Waals surface area contributed by atoms with Crippen LogP contribution >= 0.6 is 22.9 Å². The second-order valence-corrected chi connectivity index (χ2v) is 7.93. The van der Waals surface area contributed by atoms with Crippen molar-refractivity contribution in [3.05, 3.63) is 46.7 Å². The minimum absolute atomic E-state index is 0.187. The summed E-state index contributed by atoms with van der Waals surface area (Å²) in [5.41, 5.74) is 2.55. The van der Waals surface area contributed by atoms with Crippen molar-refractivity contribution in [2.75, 3.05) is 23.8 Å². The van der Waals surface area contributed by atoms with E-state index < -0.39 is 0 Å². The standard InChI is InChI=1S/C20H23ClN4O2S/c1-2-3-13(10-26)6-7-23-16-5-4-14(21)8-17(16)25-20(27)15-11-28-18-9-22-12-24-19(15)18/h4-5,8-9,11-13,23,26H,2-3,6-7,10H2,1H3,(H,25,27). The third-order valence-corrected chi connectivity index (χ3v) is 5.68. The second kappa shape index (κ2) is 9.82. The van der Waals surface area contributed by atoms with Gasteiger partial charge in [0, 0.05) is 29.8 Å². The summed E-state index contributed by atoms with van der Waals surface area (Å²) < 4.78 is 0.864. The molecule has 2 heterocycles. The highest BCUT2D eigenvalue weighted by Gasteiger charge is 2.16. The number of fused-ring (bicyclic) bond motifs is 1. The van der Waals surface area contributed by atoms with Crippen LogP contribution in [0.1, 0.15) is 36.5 Å². The fourth-order valence-electron chi connectivity index (χ4n) is 3.05. The molecule has 0 spiro atoms. The Hall–Kier alpha value is -2.22. The molecule has 3 aromatic rings. The van der Waals surface area contributed by atoms with Crippen molar-refractivity contribution in [2.45, 2.75) is 26.2 Å². The van der Waals surface area contributed by atoms with Crippen LogP contribution in [0, 0.1) is 5.92 Å². The number of rotatable bonds is 9. The highest BCUT2D eigenvalue weighted by molar-refractivity contribution is 7.17. The molecule has 0 aliphatic carbocycles. The zero-order valence-corrected chi connectivity index (χ0v) is 17.2. The first-order valence-electron chi connectivity index (χ1n) is 9.25. The van der Waals surface area contributed by atoms with Crippen LogP contribution in [0.15, 0.2) is 36.1 Å². The molecule has 0 saturated heterocycles. The van der Waals surface area contributed by atoms with Crippen LogP contribution in [-0.4, -0.2) is 34.1 Å². The summed E-state index contributed by atoms with van der Waals surface area (Å²) in [4.78, 5) is 21.0. The smallest absolute Gasteiger partial charge is 0.258 e. The Balaban J connectivity index is 1.72. The maximum Gasteiger partial charge on any atom is 0.258 e. The van der Waals surface area contributed by atoms with Crippen molar-refractivity contribution in [2.24, 2.45) is 5.92 Å². The lowest BCUT2D eigenvalue weighted by molar-refractivity contribution is 0.102. The summed E-state index contributed by atoms with van der Waals surface area (Å²) in [6, 6.07) is 5.35. The van der Waals surface area contributed by atoms with Crippen LogP contribution in [0.4, 0.5) is 11.4 Å². The predicted octanol–water partition coefficient (Wildman–Crippen LogP) is 4.81. The van der Waals surface area contributed by atoms with Crippen LogP contribution in [0.3, 0.4) is 0 Å². The van der Waals surface area contributed by atoms with Gasteiger partial charge in [-0.2, -0.15) is 0 Å². The molecular weight excluding hydrogens is 396 g/mol. The van der Waals surface area contributed by atoms with Gasteiger partial charge in [0.05, 0.1) is 27.2 Å².